The molecule has 2 aromatic rings. The summed E-state index contributed by atoms with van der Waals surface area (Å²) in [5, 5.41) is 2.50. The van der Waals surface area contributed by atoms with Crippen LogP contribution in [0.3, 0.4) is 0 Å². The molecule has 2 atom stereocenters. The van der Waals surface area contributed by atoms with E-state index in [1.54, 1.807) is 7.05 Å². The zero-order valence-corrected chi connectivity index (χ0v) is 14.8. The maximum absolute atomic E-state index is 11.6. The molecule has 2 aromatic carbocycles. The summed E-state index contributed by atoms with van der Waals surface area (Å²) in [5.74, 6) is 0.581. The van der Waals surface area contributed by atoms with Gasteiger partial charge in [0, 0.05) is 26.3 Å². The first kappa shape index (κ1) is 16.0. The molecule has 4 rings (SSSR count). The molecule has 2 aliphatic rings. The molecule has 130 valence electrons. The first-order valence-electron chi connectivity index (χ1n) is 8.60. The Labute approximate surface area is 148 Å². The minimum Gasteiger partial charge on any atom is -0.410 e. The van der Waals surface area contributed by atoms with Crippen molar-refractivity contribution < 1.29 is 9.53 Å². The van der Waals surface area contributed by atoms with Crippen molar-refractivity contribution in [1.29, 1.82) is 0 Å². The summed E-state index contributed by atoms with van der Waals surface area (Å²) >= 11 is 0. The number of carbonyl (C=O) groups is 1. The van der Waals surface area contributed by atoms with Crippen LogP contribution < -0.4 is 15.0 Å². The number of hydrogen-bond donors (Lipinski definition) is 1. The number of hydrogen-bond acceptors (Lipinski definition) is 4. The highest BCUT2D eigenvalue weighted by atomic mass is 16.5. The highest BCUT2D eigenvalue weighted by Crippen LogP contribution is 2.55. The second-order valence-corrected chi connectivity index (χ2v) is 6.87. The van der Waals surface area contributed by atoms with E-state index in [1.807, 2.05) is 12.1 Å². The lowest BCUT2D eigenvalue weighted by atomic mass is 9.73. The van der Waals surface area contributed by atoms with Crippen molar-refractivity contribution in [1.82, 2.24) is 10.2 Å². The quantitative estimate of drug-likeness (QED) is 0.915. The highest BCUT2D eigenvalue weighted by Gasteiger charge is 2.56. The first-order chi connectivity index (χ1) is 12.1. The third kappa shape index (κ3) is 2.23. The number of benzene rings is 2. The lowest BCUT2D eigenvalue weighted by molar-refractivity contribution is 0.203. The molecule has 1 saturated heterocycles. The number of nitrogens with one attached hydrogen (secondary N) is 1. The first-order valence-corrected chi connectivity index (χ1v) is 8.60. The third-order valence-electron chi connectivity index (χ3n) is 5.62. The summed E-state index contributed by atoms with van der Waals surface area (Å²) in [6.07, 6.45) is 0.860. The predicted molar refractivity (Wildman–Crippen MR) is 98.2 cm³/mol. The van der Waals surface area contributed by atoms with E-state index in [1.165, 1.54) is 16.8 Å². The summed E-state index contributed by atoms with van der Waals surface area (Å²) in [6.45, 7) is 1.03. The van der Waals surface area contributed by atoms with Crippen molar-refractivity contribution in [2.24, 2.45) is 0 Å². The molecule has 2 unspecified atom stereocenters. The molecule has 2 heterocycles. The van der Waals surface area contributed by atoms with Crippen LogP contribution in [0.5, 0.6) is 5.75 Å². The van der Waals surface area contributed by atoms with Gasteiger partial charge in [-0.25, -0.2) is 4.79 Å². The summed E-state index contributed by atoms with van der Waals surface area (Å²) in [7, 11) is 5.89. The fourth-order valence-electron chi connectivity index (χ4n) is 4.60. The van der Waals surface area contributed by atoms with Gasteiger partial charge in [0.25, 0.3) is 0 Å². The number of anilines is 1. The van der Waals surface area contributed by atoms with Crippen molar-refractivity contribution in [3.63, 3.8) is 0 Å². The summed E-state index contributed by atoms with van der Waals surface area (Å²) in [6, 6.07) is 16.6. The molecule has 1 amide bonds. The van der Waals surface area contributed by atoms with Gasteiger partial charge < -0.3 is 15.0 Å². The zero-order chi connectivity index (χ0) is 17.6. The molecule has 25 heavy (non-hydrogen) atoms. The van der Waals surface area contributed by atoms with Crippen molar-refractivity contribution in [3.8, 4) is 5.75 Å². The molecule has 0 aliphatic carbocycles. The molecule has 5 heteroatoms. The lowest BCUT2D eigenvalue weighted by Crippen LogP contribution is -2.47. The van der Waals surface area contributed by atoms with Gasteiger partial charge in [0.1, 0.15) is 5.75 Å². The topological polar surface area (TPSA) is 44.8 Å². The number of fused-ring (bicyclic) bond motifs is 3. The van der Waals surface area contributed by atoms with Gasteiger partial charge in [-0.05, 0) is 42.8 Å². The normalized spacial score (nSPS) is 24.8. The second-order valence-electron chi connectivity index (χ2n) is 6.87. The van der Waals surface area contributed by atoms with Crippen molar-refractivity contribution in [2.75, 3.05) is 32.6 Å². The van der Waals surface area contributed by atoms with Gasteiger partial charge in [-0.2, -0.15) is 0 Å². The zero-order valence-electron chi connectivity index (χ0n) is 14.8. The van der Waals surface area contributed by atoms with E-state index >= 15 is 0 Å². The Morgan fingerprint density at radius 2 is 1.96 bits per heavy atom. The van der Waals surface area contributed by atoms with Crippen LogP contribution in [0.2, 0.25) is 0 Å². The molecule has 0 aromatic heterocycles. The van der Waals surface area contributed by atoms with E-state index < -0.39 is 6.09 Å². The van der Waals surface area contributed by atoms with Gasteiger partial charge in [0.2, 0.25) is 0 Å². The van der Waals surface area contributed by atoms with Crippen LogP contribution in [0, 0.1) is 0 Å². The van der Waals surface area contributed by atoms with Gasteiger partial charge in [-0.1, -0.05) is 30.3 Å². The molecule has 0 radical (unpaired) electrons. The summed E-state index contributed by atoms with van der Waals surface area (Å²) < 4.78 is 5.40. The average Bonchev–Trinajstić information content (AvgIpc) is 3.11. The molecular formula is C20H23N3O2. The molecule has 2 aliphatic heterocycles. The van der Waals surface area contributed by atoms with Gasteiger partial charge in [0.05, 0.1) is 11.6 Å². The number of likely N-dealkylation sites (tertiary alicyclic amines) is 1. The van der Waals surface area contributed by atoms with E-state index in [4.69, 9.17) is 4.74 Å². The highest BCUT2D eigenvalue weighted by molar-refractivity contribution is 5.73. The third-order valence-corrected chi connectivity index (χ3v) is 5.62. The largest absolute Gasteiger partial charge is 0.412 e. The summed E-state index contributed by atoms with van der Waals surface area (Å²) in [4.78, 5) is 16.4. The Balaban J connectivity index is 1.88. The van der Waals surface area contributed by atoms with E-state index in [-0.39, 0.29) is 11.6 Å². The predicted octanol–water partition coefficient (Wildman–Crippen LogP) is 2.80. The van der Waals surface area contributed by atoms with Gasteiger partial charge >= 0.3 is 6.09 Å². The Hall–Kier alpha value is -2.53. The molecule has 1 fully saturated rings. The number of likely N-dealkylation sites (N-methyl/N-ethyl adjacent to an activating group) is 2. The van der Waals surface area contributed by atoms with E-state index in [9.17, 15) is 4.79 Å². The molecule has 5 nitrogen and oxygen atoms in total. The van der Waals surface area contributed by atoms with Crippen LogP contribution in [0.25, 0.3) is 0 Å². The maximum atomic E-state index is 11.6. The molecule has 0 bridgehead atoms. The maximum Gasteiger partial charge on any atom is 0.412 e. The molecule has 1 N–H and O–H groups in total. The minimum absolute atomic E-state index is 0.109. The summed E-state index contributed by atoms with van der Waals surface area (Å²) in [5.41, 5.74) is 3.64. The molecule has 0 saturated carbocycles. The van der Waals surface area contributed by atoms with Crippen LogP contribution in [0.4, 0.5) is 10.5 Å². The minimum atomic E-state index is -0.444. The smallest absolute Gasteiger partial charge is 0.410 e. The number of amides is 1. The Kier molecular flexibility index (Phi) is 3.69. The van der Waals surface area contributed by atoms with Crippen LogP contribution in [0.1, 0.15) is 17.5 Å². The van der Waals surface area contributed by atoms with E-state index in [0.29, 0.717) is 5.75 Å². The number of ether oxygens (including phenoxy) is 1. The van der Waals surface area contributed by atoms with E-state index in [2.05, 4.69) is 65.6 Å². The van der Waals surface area contributed by atoms with Crippen LogP contribution in [0.15, 0.2) is 48.5 Å². The lowest BCUT2D eigenvalue weighted by Gasteiger charge is -2.35. The molecular weight excluding hydrogens is 314 g/mol. The Bertz CT molecular complexity index is 808. The standard InChI is InChI=1S/C20H23N3O2/c1-21-19(24)25-15-9-10-17-16(13-15)20(14-7-5-4-6-8-14)11-12-22(2)18(20)23(17)3/h4-10,13,18H,11-12H2,1-3H3,(H,21,24). The number of rotatable bonds is 2. The monoisotopic (exact) mass is 337 g/mol. The van der Waals surface area contributed by atoms with Crippen molar-refractivity contribution >= 4 is 11.8 Å². The Morgan fingerprint density at radius 1 is 1.20 bits per heavy atom. The second kappa shape index (κ2) is 5.77. The fraction of sp³-hybridized carbons (Fsp3) is 0.350. The van der Waals surface area contributed by atoms with Gasteiger partial charge in [-0.15, -0.1) is 0 Å². The van der Waals surface area contributed by atoms with E-state index in [0.717, 1.165) is 13.0 Å². The van der Waals surface area contributed by atoms with Crippen molar-refractivity contribution in [2.45, 2.75) is 18.0 Å². The number of carbonyl (C=O) groups excluding carboxylic acids is 1. The molecule has 0 spiro atoms. The van der Waals surface area contributed by atoms with Crippen LogP contribution in [-0.4, -0.2) is 44.8 Å². The Morgan fingerprint density at radius 3 is 2.68 bits per heavy atom. The number of nitrogens with zero attached hydrogens (tertiary/aromatic N) is 2. The fourth-order valence-corrected chi connectivity index (χ4v) is 4.60. The SMILES string of the molecule is CNC(=O)Oc1ccc2c(c1)C1(c3ccccc3)CCN(C)C1N2C. The van der Waals surface area contributed by atoms with Crippen LogP contribution >= 0.6 is 0 Å². The average molecular weight is 337 g/mol. The van der Waals surface area contributed by atoms with Gasteiger partial charge in [0.15, 0.2) is 0 Å². The van der Waals surface area contributed by atoms with Crippen molar-refractivity contribution in [3.05, 3.63) is 59.7 Å². The van der Waals surface area contributed by atoms with Crippen LogP contribution in [-0.2, 0) is 5.41 Å². The van der Waals surface area contributed by atoms with Gasteiger partial charge in [-0.3, -0.25) is 4.90 Å².